The lowest BCUT2D eigenvalue weighted by Crippen LogP contribution is -2.55. The fourth-order valence-electron chi connectivity index (χ4n) is 4.39. The highest BCUT2D eigenvalue weighted by atomic mass is 32.2. The van der Waals surface area contributed by atoms with E-state index in [1.165, 1.54) is 37.3 Å². The molecule has 0 aliphatic heterocycles. The summed E-state index contributed by atoms with van der Waals surface area (Å²) < 4.78 is 39.9. The fourth-order valence-corrected chi connectivity index (χ4v) is 5.80. The number of sulfonamides is 1. The molecular formula is C32H41N3O6S. The Balaban J connectivity index is 2.05. The van der Waals surface area contributed by atoms with Gasteiger partial charge < -0.3 is 19.7 Å². The van der Waals surface area contributed by atoms with Crippen LogP contribution in [0.5, 0.6) is 11.5 Å². The van der Waals surface area contributed by atoms with Gasteiger partial charge in [-0.2, -0.15) is 0 Å². The van der Waals surface area contributed by atoms with Crippen LogP contribution in [0.15, 0.2) is 77.7 Å². The second kappa shape index (κ2) is 13.7. The molecule has 3 aromatic carbocycles. The molecule has 0 saturated heterocycles. The van der Waals surface area contributed by atoms with Gasteiger partial charge in [-0.15, -0.1) is 0 Å². The van der Waals surface area contributed by atoms with Gasteiger partial charge in [0.1, 0.15) is 12.6 Å². The van der Waals surface area contributed by atoms with Gasteiger partial charge in [0.05, 0.1) is 24.8 Å². The lowest BCUT2D eigenvalue weighted by Gasteiger charge is -2.33. The number of anilines is 1. The van der Waals surface area contributed by atoms with E-state index in [1.54, 1.807) is 31.2 Å². The summed E-state index contributed by atoms with van der Waals surface area (Å²) in [5.74, 6) is -0.126. The van der Waals surface area contributed by atoms with Crippen molar-refractivity contribution >= 4 is 27.5 Å². The van der Waals surface area contributed by atoms with E-state index in [4.69, 9.17) is 9.47 Å². The molecule has 10 heteroatoms. The van der Waals surface area contributed by atoms with E-state index < -0.39 is 34.1 Å². The van der Waals surface area contributed by atoms with Crippen LogP contribution in [0, 0.1) is 6.92 Å². The van der Waals surface area contributed by atoms with Crippen LogP contribution in [-0.2, 0) is 26.0 Å². The van der Waals surface area contributed by atoms with Gasteiger partial charge in [0.15, 0.2) is 11.5 Å². The molecule has 42 heavy (non-hydrogen) atoms. The summed E-state index contributed by atoms with van der Waals surface area (Å²) in [6, 6.07) is 19.8. The maximum atomic E-state index is 14.1. The van der Waals surface area contributed by atoms with Crippen LogP contribution in [0.4, 0.5) is 5.69 Å². The third-order valence-corrected chi connectivity index (χ3v) is 8.48. The van der Waals surface area contributed by atoms with Crippen molar-refractivity contribution in [2.75, 3.05) is 31.6 Å². The van der Waals surface area contributed by atoms with Gasteiger partial charge in [-0.3, -0.25) is 13.9 Å². The summed E-state index contributed by atoms with van der Waals surface area (Å²) in [5, 5.41) is 2.93. The van der Waals surface area contributed by atoms with E-state index in [0.717, 1.165) is 15.4 Å². The number of aryl methyl sites for hydroxylation is 1. The van der Waals surface area contributed by atoms with Gasteiger partial charge in [-0.25, -0.2) is 8.42 Å². The number of benzene rings is 3. The van der Waals surface area contributed by atoms with Gasteiger partial charge in [-0.05, 0) is 70.9 Å². The SMILES string of the molecule is COc1ccc(N(CC(=O)N(CCc2ccccc2)[C@@H](C)C(=O)NC(C)(C)C)S(=O)(=O)c2ccc(C)cc2)cc1OC. The first kappa shape index (κ1) is 32.5. The maximum Gasteiger partial charge on any atom is 0.264 e. The minimum atomic E-state index is -4.20. The van der Waals surface area contributed by atoms with Crippen molar-refractivity contribution in [3.63, 3.8) is 0 Å². The van der Waals surface area contributed by atoms with Gasteiger partial charge >= 0.3 is 0 Å². The van der Waals surface area contributed by atoms with Crippen molar-refractivity contribution in [1.29, 1.82) is 0 Å². The van der Waals surface area contributed by atoms with Crippen molar-refractivity contribution in [1.82, 2.24) is 10.2 Å². The largest absolute Gasteiger partial charge is 0.493 e. The lowest BCUT2D eigenvalue weighted by atomic mass is 10.1. The molecule has 0 radical (unpaired) electrons. The molecule has 0 bridgehead atoms. The van der Waals surface area contributed by atoms with Crippen LogP contribution in [0.3, 0.4) is 0 Å². The molecule has 0 aliphatic carbocycles. The molecule has 0 saturated carbocycles. The second-order valence-corrected chi connectivity index (χ2v) is 13.0. The number of hydrogen-bond acceptors (Lipinski definition) is 6. The predicted molar refractivity (Wildman–Crippen MR) is 164 cm³/mol. The summed E-state index contributed by atoms with van der Waals surface area (Å²) in [7, 11) is -1.26. The fraction of sp³-hybridized carbons (Fsp3) is 0.375. The Morgan fingerprint density at radius 1 is 0.905 bits per heavy atom. The standard InChI is InChI=1S/C32H41N3O6S/c1-23-13-16-27(17-14-23)42(38,39)35(26-15-18-28(40-6)29(21-26)41-7)22-30(36)34(20-19-25-11-9-8-10-12-25)24(2)31(37)33-32(3,4)5/h8-18,21,24H,19-20,22H2,1-7H3,(H,33,37)/t24-/m0/s1. The summed E-state index contributed by atoms with van der Waals surface area (Å²) in [6.45, 7) is 8.78. The number of carbonyl (C=O) groups is 2. The molecule has 0 spiro atoms. The normalized spacial score (nSPS) is 12.3. The molecule has 0 aliphatic rings. The van der Waals surface area contributed by atoms with E-state index in [2.05, 4.69) is 5.32 Å². The Labute approximate surface area is 249 Å². The zero-order valence-corrected chi connectivity index (χ0v) is 26.2. The van der Waals surface area contributed by atoms with Gasteiger partial charge in [0.25, 0.3) is 10.0 Å². The highest BCUT2D eigenvalue weighted by Crippen LogP contribution is 2.34. The highest BCUT2D eigenvalue weighted by Gasteiger charge is 2.33. The van der Waals surface area contributed by atoms with Crippen LogP contribution < -0.4 is 19.1 Å². The molecule has 3 rings (SSSR count). The lowest BCUT2D eigenvalue weighted by molar-refractivity contribution is -0.139. The molecule has 3 aromatic rings. The summed E-state index contributed by atoms with van der Waals surface area (Å²) in [6.07, 6.45) is 0.487. The zero-order chi connectivity index (χ0) is 31.1. The number of ether oxygens (including phenoxy) is 2. The third-order valence-electron chi connectivity index (χ3n) is 6.69. The molecule has 0 unspecified atom stereocenters. The van der Waals surface area contributed by atoms with Crippen LogP contribution >= 0.6 is 0 Å². The van der Waals surface area contributed by atoms with Crippen LogP contribution in [0.25, 0.3) is 0 Å². The summed E-state index contributed by atoms with van der Waals surface area (Å²) in [5.41, 5.74) is 1.59. The average Bonchev–Trinajstić information content (AvgIpc) is 2.95. The van der Waals surface area contributed by atoms with Gasteiger partial charge in [0.2, 0.25) is 11.8 Å². The molecule has 9 nitrogen and oxygen atoms in total. The number of nitrogens with zero attached hydrogens (tertiary/aromatic N) is 2. The molecular weight excluding hydrogens is 554 g/mol. The monoisotopic (exact) mass is 595 g/mol. The van der Waals surface area contributed by atoms with Gasteiger partial charge in [0, 0.05) is 18.2 Å². The molecule has 1 N–H and O–H groups in total. The Hall–Kier alpha value is -4.05. The first-order valence-electron chi connectivity index (χ1n) is 13.7. The number of hydrogen-bond donors (Lipinski definition) is 1. The minimum Gasteiger partial charge on any atom is -0.493 e. The molecule has 1 atom stereocenters. The van der Waals surface area contributed by atoms with Crippen LogP contribution in [0.1, 0.15) is 38.8 Å². The highest BCUT2D eigenvalue weighted by molar-refractivity contribution is 7.92. The summed E-state index contributed by atoms with van der Waals surface area (Å²) in [4.78, 5) is 28.7. The van der Waals surface area contributed by atoms with E-state index in [9.17, 15) is 18.0 Å². The van der Waals surface area contributed by atoms with E-state index >= 15 is 0 Å². The molecule has 2 amide bonds. The summed E-state index contributed by atoms with van der Waals surface area (Å²) >= 11 is 0. The first-order chi connectivity index (χ1) is 19.8. The zero-order valence-electron chi connectivity index (χ0n) is 25.4. The van der Waals surface area contributed by atoms with Crippen molar-refractivity contribution in [3.05, 3.63) is 83.9 Å². The minimum absolute atomic E-state index is 0.0324. The van der Waals surface area contributed by atoms with Crippen LogP contribution in [-0.4, -0.2) is 64.0 Å². The topological polar surface area (TPSA) is 105 Å². The van der Waals surface area contributed by atoms with Crippen molar-refractivity contribution in [2.24, 2.45) is 0 Å². The maximum absolute atomic E-state index is 14.1. The molecule has 0 aromatic heterocycles. The quantitative estimate of drug-likeness (QED) is 0.329. The Bertz CT molecular complexity index is 1470. The molecule has 226 valence electrons. The number of rotatable bonds is 12. The number of amides is 2. The van der Waals surface area contributed by atoms with Gasteiger partial charge in [-0.1, -0.05) is 48.0 Å². The van der Waals surface area contributed by atoms with Crippen molar-refractivity contribution in [2.45, 2.75) is 57.5 Å². The van der Waals surface area contributed by atoms with Crippen LogP contribution in [0.2, 0.25) is 0 Å². The smallest absolute Gasteiger partial charge is 0.264 e. The van der Waals surface area contributed by atoms with E-state index in [-0.39, 0.29) is 23.0 Å². The van der Waals surface area contributed by atoms with Crippen molar-refractivity contribution in [3.8, 4) is 11.5 Å². The Kier molecular flexibility index (Phi) is 10.6. The Morgan fingerprint density at radius 3 is 2.10 bits per heavy atom. The molecule has 0 fully saturated rings. The second-order valence-electron chi connectivity index (χ2n) is 11.1. The number of nitrogens with one attached hydrogen (secondary N) is 1. The van der Waals surface area contributed by atoms with E-state index in [1.807, 2.05) is 58.0 Å². The predicted octanol–water partition coefficient (Wildman–Crippen LogP) is 4.58. The molecule has 0 heterocycles. The number of methoxy groups -OCH3 is 2. The van der Waals surface area contributed by atoms with E-state index in [0.29, 0.717) is 17.9 Å². The average molecular weight is 596 g/mol. The first-order valence-corrected chi connectivity index (χ1v) is 15.2. The van der Waals surface area contributed by atoms with Crippen molar-refractivity contribution < 1.29 is 27.5 Å². The Morgan fingerprint density at radius 2 is 1.52 bits per heavy atom. The number of carbonyl (C=O) groups excluding carboxylic acids is 2. The third kappa shape index (κ3) is 8.25.